The molecular formula is C62H107NO5. The van der Waals surface area contributed by atoms with Gasteiger partial charge in [-0.1, -0.05) is 259 Å². The lowest BCUT2D eigenvalue weighted by Gasteiger charge is -2.24. The number of hydrogen-bond acceptors (Lipinski definition) is 5. The maximum atomic E-state index is 13.3. The molecule has 3 N–H and O–H groups in total. The van der Waals surface area contributed by atoms with Crippen LogP contribution in [-0.2, 0) is 14.3 Å². The zero-order valence-electron chi connectivity index (χ0n) is 44.5. The number of aliphatic hydroxyl groups is 2. The van der Waals surface area contributed by atoms with E-state index < -0.39 is 18.2 Å². The molecule has 0 aromatic heterocycles. The summed E-state index contributed by atoms with van der Waals surface area (Å²) < 4.78 is 5.94. The number of hydrogen-bond donors (Lipinski definition) is 3. The van der Waals surface area contributed by atoms with Crippen LogP contribution in [0.1, 0.15) is 258 Å². The zero-order valence-corrected chi connectivity index (χ0v) is 44.5. The number of ether oxygens (including phenoxy) is 1. The first-order valence-corrected chi connectivity index (χ1v) is 28.5. The van der Waals surface area contributed by atoms with Gasteiger partial charge in [0.05, 0.1) is 25.2 Å². The van der Waals surface area contributed by atoms with Gasteiger partial charge >= 0.3 is 5.97 Å². The molecule has 0 bridgehead atoms. The highest BCUT2D eigenvalue weighted by Gasteiger charge is 2.24. The maximum absolute atomic E-state index is 13.3. The monoisotopic (exact) mass is 946 g/mol. The standard InChI is InChI=1S/C62H107NO5/c1-4-7-10-13-16-19-22-25-28-30-32-34-37-40-43-46-49-52-55-62(67)68-58(53-50-47-44-41-38-35-33-31-29-26-23-20-17-14-11-8-5-2)56-61(66)63-59(57-64)60(65)54-51-48-45-42-39-36-27-24-21-18-15-12-9-6-3/h10,13,16-17,19-20,22,25-26,28-30,32-35,58-60,64-65H,4-9,11-12,14-15,18,21,23-24,27,31,36-57H2,1-3H3,(H,63,66)/b13-10+,19-16+,20-17-,25-22+,29-26-,30-28+,34-32+,35-33-. The van der Waals surface area contributed by atoms with Crippen molar-refractivity contribution in [2.45, 2.75) is 277 Å². The minimum atomic E-state index is -0.805. The van der Waals surface area contributed by atoms with Crippen LogP contribution in [0.5, 0.6) is 0 Å². The predicted molar refractivity (Wildman–Crippen MR) is 296 cm³/mol. The van der Waals surface area contributed by atoms with E-state index >= 15 is 0 Å². The van der Waals surface area contributed by atoms with Crippen LogP contribution in [0.3, 0.4) is 0 Å². The van der Waals surface area contributed by atoms with Gasteiger partial charge in [0.25, 0.3) is 0 Å². The lowest BCUT2D eigenvalue weighted by Crippen LogP contribution is -2.46. The van der Waals surface area contributed by atoms with E-state index in [-0.39, 0.29) is 24.9 Å². The van der Waals surface area contributed by atoms with Gasteiger partial charge in [-0.15, -0.1) is 0 Å². The van der Waals surface area contributed by atoms with Gasteiger partial charge in [0, 0.05) is 6.42 Å². The van der Waals surface area contributed by atoms with E-state index in [1.807, 2.05) is 24.3 Å². The Morgan fingerprint density at radius 2 is 0.838 bits per heavy atom. The Labute approximate surface area is 420 Å². The Bertz CT molecular complexity index is 1340. The van der Waals surface area contributed by atoms with E-state index in [1.54, 1.807) is 0 Å². The first-order chi connectivity index (χ1) is 33.5. The van der Waals surface area contributed by atoms with Crippen LogP contribution in [0, 0.1) is 0 Å². The maximum Gasteiger partial charge on any atom is 0.306 e. The molecule has 0 heterocycles. The predicted octanol–water partition coefficient (Wildman–Crippen LogP) is 17.7. The van der Waals surface area contributed by atoms with Crippen molar-refractivity contribution in [1.29, 1.82) is 0 Å². The molecule has 6 heteroatoms. The molecule has 1 amide bonds. The average Bonchev–Trinajstić information content (AvgIpc) is 3.33. The van der Waals surface area contributed by atoms with Crippen molar-refractivity contribution in [1.82, 2.24) is 5.32 Å². The Morgan fingerprint density at radius 1 is 0.441 bits per heavy atom. The normalized spacial score (nSPS) is 13.9. The summed E-state index contributed by atoms with van der Waals surface area (Å²) in [6.45, 7) is 6.37. The molecular weight excluding hydrogens is 839 g/mol. The SMILES string of the molecule is CCC/C=C/C=C/C=C/C=C/C=C/CCCCCCCC(=O)OC(CCCCCC/C=C\C/C=C\C/C=C\CCCCC)CC(=O)NC(CO)C(O)CCCCCCCCCCCCCCCC. The van der Waals surface area contributed by atoms with Crippen LogP contribution < -0.4 is 5.32 Å². The number of unbranched alkanes of at least 4 members (excludes halogenated alkanes) is 26. The van der Waals surface area contributed by atoms with Gasteiger partial charge in [-0.25, -0.2) is 0 Å². The molecule has 0 aromatic rings. The molecule has 390 valence electrons. The van der Waals surface area contributed by atoms with Crippen molar-refractivity contribution >= 4 is 11.9 Å². The molecule has 0 rings (SSSR count). The number of carbonyl (C=O) groups is 2. The number of nitrogens with one attached hydrogen (secondary N) is 1. The number of allylic oxidation sites excluding steroid dienone is 16. The Morgan fingerprint density at radius 3 is 1.35 bits per heavy atom. The van der Waals surface area contributed by atoms with Crippen LogP contribution in [0.15, 0.2) is 97.2 Å². The van der Waals surface area contributed by atoms with Gasteiger partial charge in [-0.2, -0.15) is 0 Å². The lowest BCUT2D eigenvalue weighted by molar-refractivity contribution is -0.151. The summed E-state index contributed by atoms with van der Waals surface area (Å²) in [6, 6.07) is -0.721. The largest absolute Gasteiger partial charge is 0.462 e. The number of amides is 1. The molecule has 0 aliphatic carbocycles. The first-order valence-electron chi connectivity index (χ1n) is 28.5. The molecule has 0 aromatic carbocycles. The fraction of sp³-hybridized carbons (Fsp3) is 0.710. The third kappa shape index (κ3) is 49.2. The van der Waals surface area contributed by atoms with Gasteiger partial charge in [0.15, 0.2) is 0 Å². The fourth-order valence-corrected chi connectivity index (χ4v) is 8.17. The van der Waals surface area contributed by atoms with E-state index in [9.17, 15) is 19.8 Å². The second-order valence-electron chi connectivity index (χ2n) is 19.1. The molecule has 6 nitrogen and oxygen atoms in total. The van der Waals surface area contributed by atoms with Crippen molar-refractivity contribution in [3.05, 3.63) is 97.2 Å². The molecule has 0 radical (unpaired) electrons. The number of carbonyl (C=O) groups excluding carboxylic acids is 2. The van der Waals surface area contributed by atoms with E-state index in [0.29, 0.717) is 19.3 Å². The van der Waals surface area contributed by atoms with Crippen LogP contribution in [0.4, 0.5) is 0 Å². The van der Waals surface area contributed by atoms with E-state index in [4.69, 9.17) is 4.74 Å². The number of aliphatic hydroxyl groups excluding tert-OH is 2. The van der Waals surface area contributed by atoms with Crippen molar-refractivity contribution in [3.8, 4) is 0 Å². The first kappa shape index (κ1) is 64.8. The minimum absolute atomic E-state index is 0.0471. The Hall–Kier alpha value is -3.22. The van der Waals surface area contributed by atoms with Gasteiger partial charge in [-0.05, 0) is 83.5 Å². The molecule has 3 unspecified atom stereocenters. The van der Waals surface area contributed by atoms with Gasteiger partial charge < -0.3 is 20.3 Å². The van der Waals surface area contributed by atoms with Gasteiger partial charge in [0.2, 0.25) is 5.91 Å². The third-order valence-corrected chi connectivity index (χ3v) is 12.5. The average molecular weight is 947 g/mol. The van der Waals surface area contributed by atoms with Crippen molar-refractivity contribution in [2.24, 2.45) is 0 Å². The third-order valence-electron chi connectivity index (χ3n) is 12.5. The minimum Gasteiger partial charge on any atom is -0.462 e. The molecule has 0 aliphatic rings. The summed E-state index contributed by atoms with van der Waals surface area (Å²) in [6.07, 6.45) is 73.1. The molecule has 0 aliphatic heterocycles. The summed E-state index contributed by atoms with van der Waals surface area (Å²) in [7, 11) is 0. The van der Waals surface area contributed by atoms with Crippen LogP contribution >= 0.6 is 0 Å². The topological polar surface area (TPSA) is 95.9 Å². The highest BCUT2D eigenvalue weighted by Crippen LogP contribution is 2.18. The van der Waals surface area contributed by atoms with E-state index in [2.05, 4.69) is 99.0 Å². The molecule has 68 heavy (non-hydrogen) atoms. The summed E-state index contributed by atoms with van der Waals surface area (Å²) in [5, 5.41) is 23.9. The van der Waals surface area contributed by atoms with Crippen LogP contribution in [0.2, 0.25) is 0 Å². The van der Waals surface area contributed by atoms with E-state index in [1.165, 1.54) is 103 Å². The van der Waals surface area contributed by atoms with Gasteiger partial charge in [0.1, 0.15) is 6.10 Å². The van der Waals surface area contributed by atoms with Crippen molar-refractivity contribution in [3.63, 3.8) is 0 Å². The van der Waals surface area contributed by atoms with Gasteiger partial charge in [-0.3, -0.25) is 9.59 Å². The molecule has 0 saturated carbocycles. The molecule has 0 saturated heterocycles. The molecule has 3 atom stereocenters. The summed E-state index contributed by atoms with van der Waals surface area (Å²) in [5.74, 6) is -0.526. The Balaban J connectivity index is 4.70. The smallest absolute Gasteiger partial charge is 0.306 e. The fourth-order valence-electron chi connectivity index (χ4n) is 8.17. The number of esters is 1. The number of rotatable bonds is 50. The summed E-state index contributed by atoms with van der Waals surface area (Å²) in [5.41, 5.74) is 0. The van der Waals surface area contributed by atoms with E-state index in [0.717, 1.165) is 109 Å². The zero-order chi connectivity index (χ0) is 49.5. The van der Waals surface area contributed by atoms with Crippen LogP contribution in [-0.4, -0.2) is 46.9 Å². The highest BCUT2D eigenvalue weighted by molar-refractivity contribution is 5.77. The lowest BCUT2D eigenvalue weighted by atomic mass is 10.0. The van der Waals surface area contributed by atoms with Crippen molar-refractivity contribution < 1.29 is 24.5 Å². The van der Waals surface area contributed by atoms with Crippen molar-refractivity contribution in [2.75, 3.05) is 6.61 Å². The Kier molecular flexibility index (Phi) is 52.1. The molecule has 0 fully saturated rings. The van der Waals surface area contributed by atoms with Crippen LogP contribution in [0.25, 0.3) is 0 Å². The quantitative estimate of drug-likeness (QED) is 0.0244. The molecule has 0 spiro atoms. The highest BCUT2D eigenvalue weighted by atomic mass is 16.5. The second-order valence-corrected chi connectivity index (χ2v) is 19.1. The summed E-state index contributed by atoms with van der Waals surface area (Å²) in [4.78, 5) is 26.3. The summed E-state index contributed by atoms with van der Waals surface area (Å²) >= 11 is 0. The second kappa shape index (κ2) is 54.7.